The predicted molar refractivity (Wildman–Crippen MR) is 81.3 cm³/mol. The first-order valence-corrected chi connectivity index (χ1v) is 7.00. The molecule has 0 bridgehead atoms. The zero-order valence-corrected chi connectivity index (χ0v) is 12.7. The number of nitro groups is 1. The molecule has 1 fully saturated rings. The first-order chi connectivity index (χ1) is 10.4. The molecule has 2 rings (SSSR count). The van der Waals surface area contributed by atoms with E-state index in [0.717, 1.165) is 0 Å². The molecule has 8 heteroatoms. The summed E-state index contributed by atoms with van der Waals surface area (Å²) < 4.78 is 5.32. The number of morpholine rings is 1. The van der Waals surface area contributed by atoms with Crippen LogP contribution >= 0.6 is 0 Å². The molecule has 3 N–H and O–H groups in total. The van der Waals surface area contributed by atoms with E-state index in [1.54, 1.807) is 20.0 Å². The number of benzene rings is 1. The SMILES string of the molecule is CNC(=O)C(C)(c1ccc(N)c([N+](=O)[O-])c1)N1CCOCC1. The van der Waals surface area contributed by atoms with E-state index in [4.69, 9.17) is 10.5 Å². The Labute approximate surface area is 128 Å². The Kier molecular flexibility index (Phi) is 4.62. The van der Waals surface area contributed by atoms with Gasteiger partial charge in [-0.3, -0.25) is 19.8 Å². The number of likely N-dealkylation sites (N-methyl/N-ethyl adjacent to an activating group) is 1. The van der Waals surface area contributed by atoms with Crippen LogP contribution in [0.5, 0.6) is 0 Å². The first-order valence-electron chi connectivity index (χ1n) is 7.00. The van der Waals surface area contributed by atoms with Crippen molar-refractivity contribution in [2.75, 3.05) is 39.1 Å². The Balaban J connectivity index is 2.51. The van der Waals surface area contributed by atoms with Crippen molar-refractivity contribution in [1.82, 2.24) is 10.2 Å². The summed E-state index contributed by atoms with van der Waals surface area (Å²) in [5, 5.41) is 13.8. The summed E-state index contributed by atoms with van der Waals surface area (Å²) in [7, 11) is 1.55. The van der Waals surface area contributed by atoms with E-state index in [0.29, 0.717) is 31.9 Å². The van der Waals surface area contributed by atoms with Gasteiger partial charge >= 0.3 is 0 Å². The highest BCUT2D eigenvalue weighted by molar-refractivity contribution is 5.87. The summed E-state index contributed by atoms with van der Waals surface area (Å²) in [5.74, 6) is -0.228. The number of nitrogens with one attached hydrogen (secondary N) is 1. The lowest BCUT2D eigenvalue weighted by atomic mass is 9.88. The van der Waals surface area contributed by atoms with Gasteiger partial charge in [-0.25, -0.2) is 0 Å². The average Bonchev–Trinajstić information content (AvgIpc) is 2.54. The fourth-order valence-corrected chi connectivity index (χ4v) is 2.72. The van der Waals surface area contributed by atoms with Gasteiger partial charge in [-0.1, -0.05) is 6.07 Å². The van der Waals surface area contributed by atoms with Gasteiger partial charge in [-0.05, 0) is 18.6 Å². The van der Waals surface area contributed by atoms with Crippen molar-refractivity contribution in [2.24, 2.45) is 0 Å². The highest BCUT2D eigenvalue weighted by atomic mass is 16.6. The van der Waals surface area contributed by atoms with Crippen molar-refractivity contribution >= 4 is 17.3 Å². The minimum Gasteiger partial charge on any atom is -0.393 e. The number of nitrogens with zero attached hydrogens (tertiary/aromatic N) is 2. The largest absolute Gasteiger partial charge is 0.393 e. The second-order valence-corrected chi connectivity index (χ2v) is 5.28. The molecule has 0 radical (unpaired) electrons. The number of nitrogens with two attached hydrogens (primary N) is 1. The predicted octanol–water partition coefficient (Wildman–Crippen LogP) is 0.470. The van der Waals surface area contributed by atoms with E-state index in [1.807, 2.05) is 4.90 Å². The van der Waals surface area contributed by atoms with Crippen molar-refractivity contribution in [1.29, 1.82) is 0 Å². The van der Waals surface area contributed by atoms with Crippen LogP contribution in [0.25, 0.3) is 0 Å². The van der Waals surface area contributed by atoms with Gasteiger partial charge in [0.05, 0.1) is 18.1 Å². The average molecular weight is 308 g/mol. The summed E-state index contributed by atoms with van der Waals surface area (Å²) in [6.45, 7) is 3.93. The molecule has 1 aliphatic heterocycles. The number of hydrogen-bond donors (Lipinski definition) is 2. The Bertz CT molecular complexity index is 586. The molecule has 1 amide bonds. The van der Waals surface area contributed by atoms with Gasteiger partial charge in [-0.2, -0.15) is 0 Å². The number of nitro benzene ring substituents is 1. The van der Waals surface area contributed by atoms with Crippen LogP contribution in [-0.4, -0.2) is 49.1 Å². The van der Waals surface area contributed by atoms with Gasteiger partial charge in [0.25, 0.3) is 5.69 Å². The van der Waals surface area contributed by atoms with E-state index >= 15 is 0 Å². The molecule has 0 saturated carbocycles. The molecule has 1 aromatic rings. The molecular weight excluding hydrogens is 288 g/mol. The smallest absolute Gasteiger partial charge is 0.292 e. The van der Waals surface area contributed by atoms with Crippen LogP contribution in [0.2, 0.25) is 0 Å². The monoisotopic (exact) mass is 308 g/mol. The third kappa shape index (κ3) is 2.75. The highest BCUT2D eigenvalue weighted by Crippen LogP contribution is 2.34. The third-order valence-corrected chi connectivity index (χ3v) is 4.10. The Hall–Kier alpha value is -2.19. The van der Waals surface area contributed by atoms with Gasteiger partial charge in [0.1, 0.15) is 11.2 Å². The lowest BCUT2D eigenvalue weighted by Gasteiger charge is -2.42. The van der Waals surface area contributed by atoms with Crippen LogP contribution in [0.4, 0.5) is 11.4 Å². The number of nitrogen functional groups attached to an aromatic ring is 1. The normalized spacial score (nSPS) is 18.5. The standard InChI is InChI=1S/C14H20N4O4/c1-14(13(19)16-2,17-5-7-22-8-6-17)10-3-4-11(15)12(9-10)18(20)21/h3-4,9H,5-8,15H2,1-2H3,(H,16,19). The molecule has 1 aliphatic rings. The van der Waals surface area contributed by atoms with Gasteiger partial charge in [0, 0.05) is 26.2 Å². The lowest BCUT2D eigenvalue weighted by Crippen LogP contribution is -2.57. The van der Waals surface area contributed by atoms with E-state index in [9.17, 15) is 14.9 Å². The minimum atomic E-state index is -1.02. The highest BCUT2D eigenvalue weighted by Gasteiger charge is 2.42. The Morgan fingerprint density at radius 2 is 2.09 bits per heavy atom. The van der Waals surface area contributed by atoms with Crippen LogP contribution in [0.15, 0.2) is 18.2 Å². The van der Waals surface area contributed by atoms with E-state index in [-0.39, 0.29) is 17.3 Å². The first kappa shape index (κ1) is 16.2. The number of amides is 1. The van der Waals surface area contributed by atoms with Gasteiger partial charge < -0.3 is 15.8 Å². The maximum absolute atomic E-state index is 12.5. The van der Waals surface area contributed by atoms with Crippen LogP contribution in [0.3, 0.4) is 0 Å². The number of rotatable bonds is 4. The summed E-state index contributed by atoms with van der Waals surface area (Å²) in [4.78, 5) is 25.0. The fourth-order valence-electron chi connectivity index (χ4n) is 2.72. The molecule has 1 saturated heterocycles. The van der Waals surface area contributed by atoms with Crippen molar-refractivity contribution < 1.29 is 14.5 Å². The Morgan fingerprint density at radius 1 is 1.45 bits per heavy atom. The molecule has 1 unspecified atom stereocenters. The van der Waals surface area contributed by atoms with Crippen LogP contribution < -0.4 is 11.1 Å². The zero-order valence-electron chi connectivity index (χ0n) is 12.7. The van der Waals surface area contributed by atoms with Crippen LogP contribution in [0.1, 0.15) is 12.5 Å². The molecule has 0 spiro atoms. The summed E-state index contributed by atoms with van der Waals surface area (Å²) in [6, 6.07) is 4.50. The third-order valence-electron chi connectivity index (χ3n) is 4.10. The number of ether oxygens (including phenoxy) is 1. The van der Waals surface area contributed by atoms with Crippen molar-refractivity contribution in [3.63, 3.8) is 0 Å². The quantitative estimate of drug-likeness (QED) is 0.475. The minimum absolute atomic E-state index is 0.0787. The molecule has 22 heavy (non-hydrogen) atoms. The summed E-state index contributed by atoms with van der Waals surface area (Å²) in [6.07, 6.45) is 0. The number of anilines is 1. The number of carbonyl (C=O) groups excluding carboxylic acids is 1. The van der Waals surface area contributed by atoms with Crippen molar-refractivity contribution in [2.45, 2.75) is 12.5 Å². The van der Waals surface area contributed by atoms with Crippen molar-refractivity contribution in [3.05, 3.63) is 33.9 Å². The second kappa shape index (κ2) is 6.29. The molecule has 8 nitrogen and oxygen atoms in total. The van der Waals surface area contributed by atoms with Crippen molar-refractivity contribution in [3.8, 4) is 0 Å². The topological polar surface area (TPSA) is 111 Å². The lowest BCUT2D eigenvalue weighted by molar-refractivity contribution is -0.384. The van der Waals surface area contributed by atoms with E-state index in [2.05, 4.69) is 5.32 Å². The molecule has 1 atom stereocenters. The molecule has 0 aliphatic carbocycles. The summed E-state index contributed by atoms with van der Waals surface area (Å²) >= 11 is 0. The molecule has 120 valence electrons. The number of carbonyl (C=O) groups is 1. The second-order valence-electron chi connectivity index (χ2n) is 5.28. The van der Waals surface area contributed by atoms with E-state index < -0.39 is 10.5 Å². The van der Waals surface area contributed by atoms with E-state index in [1.165, 1.54) is 12.1 Å². The number of hydrogen-bond acceptors (Lipinski definition) is 6. The molecule has 1 heterocycles. The van der Waals surface area contributed by atoms with Gasteiger partial charge in [0.2, 0.25) is 5.91 Å². The Morgan fingerprint density at radius 3 is 2.64 bits per heavy atom. The maximum atomic E-state index is 12.5. The maximum Gasteiger partial charge on any atom is 0.292 e. The van der Waals surface area contributed by atoms with Crippen LogP contribution in [0, 0.1) is 10.1 Å². The molecule has 1 aromatic carbocycles. The van der Waals surface area contributed by atoms with Crippen LogP contribution in [-0.2, 0) is 15.1 Å². The fraction of sp³-hybridized carbons (Fsp3) is 0.500. The molecular formula is C14H20N4O4. The zero-order chi connectivity index (χ0) is 16.3. The molecule has 0 aromatic heterocycles. The van der Waals surface area contributed by atoms with Gasteiger partial charge in [0.15, 0.2) is 0 Å². The van der Waals surface area contributed by atoms with Gasteiger partial charge in [-0.15, -0.1) is 0 Å². The summed E-state index contributed by atoms with van der Waals surface area (Å²) in [5.41, 5.74) is 5.05.